The van der Waals surface area contributed by atoms with Gasteiger partial charge < -0.3 is 15.4 Å². The predicted molar refractivity (Wildman–Crippen MR) is 129 cm³/mol. The van der Waals surface area contributed by atoms with Crippen molar-refractivity contribution in [1.82, 2.24) is 4.90 Å². The number of benzene rings is 3. The van der Waals surface area contributed by atoms with Crippen molar-refractivity contribution in [3.8, 4) is 0 Å². The highest BCUT2D eigenvalue weighted by atomic mass is 16.5. The maximum atomic E-state index is 12.9. The number of carbonyl (C=O) groups is 5. The maximum absolute atomic E-state index is 12.9. The van der Waals surface area contributed by atoms with Gasteiger partial charge in [0.05, 0.1) is 0 Å². The molecule has 9 nitrogen and oxygen atoms in total. The van der Waals surface area contributed by atoms with Crippen LogP contribution in [0.15, 0.2) is 60.7 Å². The zero-order chi connectivity index (χ0) is 24.9. The first-order valence-corrected chi connectivity index (χ1v) is 11.0. The minimum Gasteiger partial charge on any atom is -0.456 e. The molecular formula is C26H23N3O6. The zero-order valence-corrected chi connectivity index (χ0v) is 19.0. The van der Waals surface area contributed by atoms with Crippen LogP contribution < -0.4 is 10.6 Å². The van der Waals surface area contributed by atoms with Crippen molar-refractivity contribution in [2.75, 3.05) is 23.8 Å². The molecule has 35 heavy (non-hydrogen) atoms. The monoisotopic (exact) mass is 473 g/mol. The molecule has 1 heterocycles. The van der Waals surface area contributed by atoms with Crippen molar-refractivity contribution in [2.24, 2.45) is 0 Å². The summed E-state index contributed by atoms with van der Waals surface area (Å²) in [5, 5.41) is 6.68. The first kappa shape index (κ1) is 23.6. The Hall–Kier alpha value is -4.53. The summed E-state index contributed by atoms with van der Waals surface area (Å²) in [6, 6.07) is 17.1. The Balaban J connectivity index is 1.24. The van der Waals surface area contributed by atoms with Gasteiger partial charge in [0.1, 0.15) is 0 Å². The third kappa shape index (κ3) is 5.35. The van der Waals surface area contributed by atoms with Crippen LogP contribution in [0.2, 0.25) is 0 Å². The summed E-state index contributed by atoms with van der Waals surface area (Å²) < 4.78 is 5.00. The lowest BCUT2D eigenvalue weighted by molar-refractivity contribution is -0.147. The third-order valence-corrected chi connectivity index (χ3v) is 5.47. The van der Waals surface area contributed by atoms with Crippen molar-refractivity contribution >= 4 is 51.7 Å². The van der Waals surface area contributed by atoms with E-state index in [4.69, 9.17) is 4.74 Å². The number of nitrogens with zero attached hydrogens (tertiary/aromatic N) is 1. The highest BCUT2D eigenvalue weighted by Crippen LogP contribution is 2.30. The minimum atomic E-state index is -0.611. The molecule has 0 aromatic heterocycles. The second kappa shape index (κ2) is 10.2. The summed E-state index contributed by atoms with van der Waals surface area (Å²) in [5.41, 5.74) is 1.99. The molecule has 0 radical (unpaired) electrons. The summed E-state index contributed by atoms with van der Waals surface area (Å²) in [6.45, 7) is 0.985. The van der Waals surface area contributed by atoms with Gasteiger partial charge in [0.2, 0.25) is 5.91 Å². The van der Waals surface area contributed by atoms with Gasteiger partial charge >= 0.3 is 5.97 Å². The molecule has 0 unspecified atom stereocenters. The van der Waals surface area contributed by atoms with Crippen molar-refractivity contribution in [1.29, 1.82) is 0 Å². The molecule has 3 aromatic rings. The molecule has 4 amide bonds. The SMILES string of the molecule is CC(=O)Nc1ccc(NC(=O)COC(=O)CCCN2C(=O)c3cccc4cccc(c34)C2=O)cc1. The maximum Gasteiger partial charge on any atom is 0.306 e. The highest BCUT2D eigenvalue weighted by Gasteiger charge is 2.32. The lowest BCUT2D eigenvalue weighted by Crippen LogP contribution is -2.41. The molecule has 178 valence electrons. The normalized spacial score (nSPS) is 12.4. The van der Waals surface area contributed by atoms with Crippen LogP contribution in [0.1, 0.15) is 40.5 Å². The summed E-state index contributed by atoms with van der Waals surface area (Å²) >= 11 is 0. The Morgan fingerprint density at radius 1 is 0.829 bits per heavy atom. The molecule has 9 heteroatoms. The Morgan fingerprint density at radius 3 is 1.97 bits per heavy atom. The largest absolute Gasteiger partial charge is 0.456 e. The fraction of sp³-hybridized carbons (Fsp3) is 0.192. The van der Waals surface area contributed by atoms with Gasteiger partial charge in [-0.25, -0.2) is 0 Å². The summed E-state index contributed by atoms with van der Waals surface area (Å²) in [7, 11) is 0. The Bertz CT molecular complexity index is 1280. The second-order valence-electron chi connectivity index (χ2n) is 8.04. The molecule has 0 saturated heterocycles. The standard InChI is InChI=1S/C26H23N3O6/c1-16(30)27-18-10-12-19(13-11-18)28-22(31)15-35-23(32)9-4-14-29-25(33)20-7-2-5-17-6-3-8-21(24(17)20)26(29)34/h2-3,5-8,10-13H,4,9,14-15H2,1H3,(H,27,30)(H,28,31). The average Bonchev–Trinajstić information content (AvgIpc) is 2.84. The quantitative estimate of drug-likeness (QED) is 0.382. The van der Waals surface area contributed by atoms with Crippen molar-refractivity contribution in [2.45, 2.75) is 19.8 Å². The van der Waals surface area contributed by atoms with Gasteiger partial charge in [-0.1, -0.05) is 24.3 Å². The van der Waals surface area contributed by atoms with Crippen molar-refractivity contribution in [3.05, 3.63) is 71.8 Å². The van der Waals surface area contributed by atoms with Crippen LogP contribution >= 0.6 is 0 Å². The minimum absolute atomic E-state index is 0.0540. The number of hydrogen-bond donors (Lipinski definition) is 2. The number of esters is 1. The van der Waals surface area contributed by atoms with Crippen molar-refractivity contribution < 1.29 is 28.7 Å². The van der Waals surface area contributed by atoms with E-state index in [-0.39, 0.29) is 25.3 Å². The van der Waals surface area contributed by atoms with E-state index in [0.717, 1.165) is 10.3 Å². The van der Waals surface area contributed by atoms with E-state index in [9.17, 15) is 24.0 Å². The molecule has 0 spiro atoms. The van der Waals surface area contributed by atoms with Gasteiger partial charge in [-0.15, -0.1) is 0 Å². The van der Waals surface area contributed by atoms with Gasteiger partial charge in [0.15, 0.2) is 6.61 Å². The smallest absolute Gasteiger partial charge is 0.306 e. The second-order valence-corrected chi connectivity index (χ2v) is 8.04. The lowest BCUT2D eigenvalue weighted by Gasteiger charge is -2.27. The lowest BCUT2D eigenvalue weighted by atomic mass is 9.94. The van der Waals surface area contributed by atoms with E-state index in [1.54, 1.807) is 48.5 Å². The molecule has 0 atom stereocenters. The van der Waals surface area contributed by atoms with Gasteiger partial charge in [-0.05, 0) is 48.2 Å². The molecule has 0 bridgehead atoms. The summed E-state index contributed by atoms with van der Waals surface area (Å²) in [4.78, 5) is 62.0. The molecule has 2 N–H and O–H groups in total. The molecule has 4 rings (SSSR count). The first-order valence-electron chi connectivity index (χ1n) is 11.0. The molecule has 3 aromatic carbocycles. The van der Waals surface area contributed by atoms with Crippen LogP contribution in [0.4, 0.5) is 11.4 Å². The molecule has 1 aliphatic heterocycles. The fourth-order valence-corrected chi connectivity index (χ4v) is 3.92. The molecule has 0 aliphatic carbocycles. The number of anilines is 2. The number of hydrogen-bond acceptors (Lipinski definition) is 6. The average molecular weight is 473 g/mol. The van der Waals surface area contributed by atoms with Crippen LogP contribution in [0.5, 0.6) is 0 Å². The van der Waals surface area contributed by atoms with Gasteiger partial charge in [-0.2, -0.15) is 0 Å². The fourth-order valence-electron chi connectivity index (χ4n) is 3.92. The third-order valence-electron chi connectivity index (χ3n) is 5.47. The Morgan fingerprint density at radius 2 is 1.40 bits per heavy atom. The van der Waals surface area contributed by atoms with E-state index >= 15 is 0 Å². The molecule has 0 fully saturated rings. The molecular weight excluding hydrogens is 450 g/mol. The van der Waals surface area contributed by atoms with Crippen LogP contribution in [-0.2, 0) is 19.1 Å². The Labute approximate surface area is 201 Å². The van der Waals surface area contributed by atoms with E-state index < -0.39 is 30.3 Å². The topological polar surface area (TPSA) is 122 Å². The van der Waals surface area contributed by atoms with E-state index in [2.05, 4.69) is 10.6 Å². The number of rotatable bonds is 8. The predicted octanol–water partition coefficient (Wildman–Crippen LogP) is 3.36. The number of amides is 4. The number of nitrogens with one attached hydrogen (secondary N) is 2. The summed E-state index contributed by atoms with van der Waals surface area (Å²) in [6.07, 6.45) is 0.155. The summed E-state index contributed by atoms with van der Waals surface area (Å²) in [5.74, 6) is -2.12. The van der Waals surface area contributed by atoms with Crippen LogP contribution in [0, 0.1) is 0 Å². The van der Waals surface area contributed by atoms with Gasteiger partial charge in [0.25, 0.3) is 17.7 Å². The van der Waals surface area contributed by atoms with Crippen LogP contribution in [0.3, 0.4) is 0 Å². The van der Waals surface area contributed by atoms with Gasteiger partial charge in [-0.3, -0.25) is 28.9 Å². The van der Waals surface area contributed by atoms with Gasteiger partial charge in [0, 0.05) is 47.8 Å². The molecule has 1 aliphatic rings. The number of ether oxygens (including phenoxy) is 1. The zero-order valence-electron chi connectivity index (χ0n) is 19.0. The van der Waals surface area contributed by atoms with Crippen LogP contribution in [-0.4, -0.2) is 47.6 Å². The number of imide groups is 1. The molecule has 0 saturated carbocycles. The van der Waals surface area contributed by atoms with Crippen molar-refractivity contribution in [3.63, 3.8) is 0 Å². The van der Waals surface area contributed by atoms with E-state index in [1.165, 1.54) is 6.92 Å². The Kier molecular flexibility index (Phi) is 6.86. The van der Waals surface area contributed by atoms with E-state index in [1.807, 2.05) is 12.1 Å². The highest BCUT2D eigenvalue weighted by molar-refractivity contribution is 6.25. The number of carbonyl (C=O) groups excluding carboxylic acids is 5. The first-order chi connectivity index (χ1) is 16.8. The van der Waals surface area contributed by atoms with E-state index in [0.29, 0.717) is 27.9 Å². The van der Waals surface area contributed by atoms with Crippen LogP contribution in [0.25, 0.3) is 10.8 Å².